The number of nitrogens with one attached hydrogen (secondary N) is 1. The second-order valence-corrected chi connectivity index (χ2v) is 6.02. The molecule has 0 radical (unpaired) electrons. The van der Waals surface area contributed by atoms with Crippen LogP contribution in [-0.2, 0) is 6.42 Å². The summed E-state index contributed by atoms with van der Waals surface area (Å²) < 4.78 is 12.5. The van der Waals surface area contributed by atoms with Gasteiger partial charge >= 0.3 is 0 Å². The van der Waals surface area contributed by atoms with Gasteiger partial charge in [-0.05, 0) is 42.2 Å². The quantitative estimate of drug-likeness (QED) is 0.795. The van der Waals surface area contributed by atoms with Crippen molar-refractivity contribution in [3.8, 4) is 11.5 Å². The predicted molar refractivity (Wildman–Crippen MR) is 93.3 cm³/mol. The minimum Gasteiger partial charge on any atom is -0.496 e. The molecule has 1 aromatic carbocycles. The second-order valence-electron chi connectivity index (χ2n) is 6.02. The first-order valence-electron chi connectivity index (χ1n) is 8.20. The molecule has 1 N–H and O–H groups in total. The van der Waals surface area contributed by atoms with Crippen LogP contribution in [0.3, 0.4) is 0 Å². The summed E-state index contributed by atoms with van der Waals surface area (Å²) in [4.78, 5) is 12.9. The van der Waals surface area contributed by atoms with Gasteiger partial charge < -0.3 is 14.8 Å². The van der Waals surface area contributed by atoms with Crippen molar-refractivity contribution >= 4 is 11.4 Å². The van der Waals surface area contributed by atoms with Crippen LogP contribution in [0.15, 0.2) is 42.7 Å². The number of fused-ring (bicyclic) bond motifs is 2. The largest absolute Gasteiger partial charge is 0.496 e. The van der Waals surface area contributed by atoms with Crippen molar-refractivity contribution in [1.82, 2.24) is 14.9 Å². The van der Waals surface area contributed by atoms with Crippen molar-refractivity contribution in [3.05, 3.63) is 59.4 Å². The molecule has 25 heavy (non-hydrogen) atoms. The van der Waals surface area contributed by atoms with Crippen LogP contribution in [0, 0.1) is 0 Å². The Bertz CT molecular complexity index is 948. The van der Waals surface area contributed by atoms with E-state index in [1.54, 1.807) is 31.1 Å². The number of nitrogens with zero attached hydrogens (tertiary/aromatic N) is 2. The SMILES string of the molecule is COc1cccc2c1CCC2NC(=O)c1cnn2cccc(OC)c12. The van der Waals surface area contributed by atoms with Gasteiger partial charge in [0.2, 0.25) is 0 Å². The van der Waals surface area contributed by atoms with Crippen LogP contribution in [0.5, 0.6) is 11.5 Å². The molecule has 2 heterocycles. The molecule has 1 amide bonds. The molecule has 128 valence electrons. The third-order valence-corrected chi connectivity index (χ3v) is 4.72. The van der Waals surface area contributed by atoms with E-state index in [2.05, 4.69) is 10.4 Å². The number of aromatic nitrogens is 2. The number of carbonyl (C=O) groups is 1. The minimum absolute atomic E-state index is 0.0257. The van der Waals surface area contributed by atoms with Crippen molar-refractivity contribution in [2.75, 3.05) is 14.2 Å². The molecular formula is C19H19N3O3. The van der Waals surface area contributed by atoms with Crippen LogP contribution >= 0.6 is 0 Å². The first kappa shape index (κ1) is 15.5. The Hall–Kier alpha value is -3.02. The fourth-order valence-electron chi connectivity index (χ4n) is 3.54. The van der Waals surface area contributed by atoms with Crippen LogP contribution in [0.4, 0.5) is 0 Å². The molecule has 1 atom stereocenters. The highest BCUT2D eigenvalue weighted by atomic mass is 16.5. The second kappa shape index (κ2) is 6.12. The fourth-order valence-corrected chi connectivity index (χ4v) is 3.54. The molecule has 3 aromatic rings. The van der Waals surface area contributed by atoms with Gasteiger partial charge in [-0.2, -0.15) is 5.10 Å². The summed E-state index contributed by atoms with van der Waals surface area (Å²) in [7, 11) is 3.26. The van der Waals surface area contributed by atoms with Gasteiger partial charge in [-0.1, -0.05) is 12.1 Å². The standard InChI is InChI=1S/C19H19N3O3/c1-24-16-6-3-5-12-13(16)8-9-15(12)21-19(23)14-11-20-22-10-4-7-17(25-2)18(14)22/h3-7,10-11,15H,8-9H2,1-2H3,(H,21,23). The number of hydrogen-bond donors (Lipinski definition) is 1. The van der Waals surface area contributed by atoms with Crippen LogP contribution < -0.4 is 14.8 Å². The van der Waals surface area contributed by atoms with Crippen LogP contribution in [0.1, 0.15) is 33.9 Å². The van der Waals surface area contributed by atoms with Crippen LogP contribution in [0.25, 0.3) is 5.52 Å². The predicted octanol–water partition coefficient (Wildman–Crippen LogP) is 2.77. The zero-order valence-electron chi connectivity index (χ0n) is 14.2. The van der Waals surface area contributed by atoms with E-state index >= 15 is 0 Å². The zero-order valence-corrected chi connectivity index (χ0v) is 14.2. The van der Waals surface area contributed by atoms with Gasteiger partial charge in [-0.15, -0.1) is 0 Å². The van der Waals surface area contributed by atoms with Gasteiger partial charge in [-0.25, -0.2) is 4.52 Å². The molecular weight excluding hydrogens is 318 g/mol. The number of pyridine rings is 1. The number of benzene rings is 1. The minimum atomic E-state index is -0.153. The van der Waals surface area contributed by atoms with Crippen molar-refractivity contribution in [3.63, 3.8) is 0 Å². The lowest BCUT2D eigenvalue weighted by Gasteiger charge is -2.15. The Morgan fingerprint density at radius 2 is 2.00 bits per heavy atom. The van der Waals surface area contributed by atoms with E-state index < -0.39 is 0 Å². The Labute approximate surface area is 145 Å². The van der Waals surface area contributed by atoms with Gasteiger partial charge in [0.25, 0.3) is 5.91 Å². The summed E-state index contributed by atoms with van der Waals surface area (Å²) in [6, 6.07) is 9.60. The van der Waals surface area contributed by atoms with Crippen molar-refractivity contribution in [1.29, 1.82) is 0 Å². The number of rotatable bonds is 4. The molecule has 1 aliphatic carbocycles. The number of carbonyl (C=O) groups excluding carboxylic acids is 1. The van der Waals surface area contributed by atoms with Crippen molar-refractivity contribution < 1.29 is 14.3 Å². The van der Waals surface area contributed by atoms with Gasteiger partial charge in [0.05, 0.1) is 32.0 Å². The summed E-state index contributed by atoms with van der Waals surface area (Å²) in [5.41, 5.74) is 3.48. The normalized spacial score (nSPS) is 15.8. The molecule has 0 bridgehead atoms. The molecule has 0 saturated carbocycles. The average molecular weight is 337 g/mol. The van der Waals surface area contributed by atoms with E-state index in [4.69, 9.17) is 9.47 Å². The topological polar surface area (TPSA) is 64.9 Å². The summed E-state index contributed by atoms with van der Waals surface area (Å²) >= 11 is 0. The molecule has 6 nitrogen and oxygen atoms in total. The lowest BCUT2D eigenvalue weighted by Crippen LogP contribution is -2.27. The number of methoxy groups -OCH3 is 2. The first-order chi connectivity index (χ1) is 12.2. The smallest absolute Gasteiger partial charge is 0.255 e. The maximum Gasteiger partial charge on any atom is 0.255 e. The Morgan fingerprint density at radius 3 is 2.80 bits per heavy atom. The molecule has 0 spiro atoms. The van der Waals surface area contributed by atoms with Crippen LogP contribution in [0.2, 0.25) is 0 Å². The van der Waals surface area contributed by atoms with Gasteiger partial charge in [0, 0.05) is 6.20 Å². The zero-order chi connectivity index (χ0) is 17.4. The van der Waals surface area contributed by atoms with E-state index in [1.807, 2.05) is 30.3 Å². The molecule has 6 heteroatoms. The fraction of sp³-hybridized carbons (Fsp3) is 0.263. The number of hydrogen-bond acceptors (Lipinski definition) is 4. The van der Waals surface area contributed by atoms with E-state index in [0.717, 1.165) is 24.2 Å². The van der Waals surface area contributed by atoms with Gasteiger partial charge in [0.1, 0.15) is 17.0 Å². The highest BCUT2D eigenvalue weighted by Crippen LogP contribution is 2.37. The molecule has 4 rings (SSSR count). The van der Waals surface area contributed by atoms with E-state index in [0.29, 0.717) is 16.8 Å². The van der Waals surface area contributed by atoms with E-state index in [9.17, 15) is 4.79 Å². The Kier molecular flexibility index (Phi) is 3.80. The monoisotopic (exact) mass is 337 g/mol. The van der Waals surface area contributed by atoms with E-state index in [1.165, 1.54) is 5.56 Å². The van der Waals surface area contributed by atoms with Crippen LogP contribution in [-0.4, -0.2) is 29.7 Å². The lowest BCUT2D eigenvalue weighted by atomic mass is 10.1. The summed E-state index contributed by atoms with van der Waals surface area (Å²) in [5, 5.41) is 7.38. The first-order valence-corrected chi connectivity index (χ1v) is 8.20. The summed E-state index contributed by atoms with van der Waals surface area (Å²) in [6.45, 7) is 0. The number of ether oxygens (including phenoxy) is 2. The molecule has 0 saturated heterocycles. The molecule has 0 aliphatic heterocycles. The highest BCUT2D eigenvalue weighted by molar-refractivity contribution is 6.02. The molecule has 1 aliphatic rings. The maximum atomic E-state index is 12.9. The maximum absolute atomic E-state index is 12.9. The van der Waals surface area contributed by atoms with Gasteiger partial charge in [-0.3, -0.25) is 4.79 Å². The summed E-state index contributed by atoms with van der Waals surface area (Å²) in [5.74, 6) is 1.35. The van der Waals surface area contributed by atoms with E-state index in [-0.39, 0.29) is 11.9 Å². The third-order valence-electron chi connectivity index (χ3n) is 4.72. The molecule has 2 aromatic heterocycles. The van der Waals surface area contributed by atoms with Gasteiger partial charge in [0.15, 0.2) is 0 Å². The Balaban J connectivity index is 1.65. The van der Waals surface area contributed by atoms with Crippen molar-refractivity contribution in [2.24, 2.45) is 0 Å². The Morgan fingerprint density at radius 1 is 1.20 bits per heavy atom. The number of amides is 1. The molecule has 1 unspecified atom stereocenters. The summed E-state index contributed by atoms with van der Waals surface area (Å²) in [6.07, 6.45) is 5.12. The lowest BCUT2D eigenvalue weighted by molar-refractivity contribution is 0.0938. The molecule has 0 fully saturated rings. The highest BCUT2D eigenvalue weighted by Gasteiger charge is 2.27. The van der Waals surface area contributed by atoms with Crippen molar-refractivity contribution in [2.45, 2.75) is 18.9 Å². The average Bonchev–Trinajstić information content (AvgIpc) is 3.25. The third kappa shape index (κ3) is 2.50.